The molecule has 2 atom stereocenters. The van der Waals surface area contributed by atoms with E-state index in [0.717, 1.165) is 37.0 Å². The molecule has 3 aliphatic rings. The number of urea groups is 1. The molecule has 9 heteroatoms. The van der Waals surface area contributed by atoms with E-state index in [1.807, 2.05) is 0 Å². The minimum atomic E-state index is -0.880. The Balaban J connectivity index is 1.60. The first-order valence-electron chi connectivity index (χ1n) is 9.77. The Bertz CT molecular complexity index is 635. The molecule has 3 rings (SSSR count). The fourth-order valence-electron chi connectivity index (χ4n) is 4.01. The molecule has 2 unspecified atom stereocenters. The second-order valence-electron chi connectivity index (χ2n) is 7.88. The van der Waals surface area contributed by atoms with Gasteiger partial charge >= 0.3 is 6.03 Å². The highest BCUT2D eigenvalue weighted by Gasteiger charge is 2.56. The van der Waals surface area contributed by atoms with E-state index in [9.17, 15) is 19.2 Å². The maximum atomic E-state index is 12.8. The number of nitrogens with two attached hydrogens (primary N) is 1. The van der Waals surface area contributed by atoms with Gasteiger partial charge in [-0.25, -0.2) is 4.79 Å². The average molecular weight is 379 g/mol. The maximum absolute atomic E-state index is 12.8. The molecule has 3 fully saturated rings. The number of piperidine rings is 1. The van der Waals surface area contributed by atoms with Crippen LogP contribution in [0.2, 0.25) is 0 Å². The molecular weight excluding hydrogens is 350 g/mol. The Hall–Kier alpha value is -2.16. The summed E-state index contributed by atoms with van der Waals surface area (Å²) in [6.07, 6.45) is 4.72. The first-order valence-corrected chi connectivity index (χ1v) is 9.77. The summed E-state index contributed by atoms with van der Waals surface area (Å²) in [6, 6.07) is -0.615. The van der Waals surface area contributed by atoms with E-state index < -0.39 is 11.6 Å². The lowest BCUT2D eigenvalue weighted by Crippen LogP contribution is -2.53. The SMILES string of the molecule is CC1(C2CC2)NC(=O)N(CC(=O)N2CCCCC2CNC(=O)CCN)C1=O. The fraction of sp³-hybridized carbons (Fsp3) is 0.778. The van der Waals surface area contributed by atoms with Crippen molar-refractivity contribution >= 4 is 23.8 Å². The molecule has 27 heavy (non-hydrogen) atoms. The minimum absolute atomic E-state index is 0.122. The molecule has 1 aliphatic carbocycles. The molecule has 2 heterocycles. The summed E-state index contributed by atoms with van der Waals surface area (Å²) in [7, 11) is 0. The smallest absolute Gasteiger partial charge is 0.325 e. The summed E-state index contributed by atoms with van der Waals surface area (Å²) in [5, 5.41) is 5.58. The molecule has 0 aromatic rings. The lowest BCUT2D eigenvalue weighted by molar-refractivity contribution is -0.141. The molecule has 4 N–H and O–H groups in total. The molecule has 0 bridgehead atoms. The zero-order valence-corrected chi connectivity index (χ0v) is 15.8. The van der Waals surface area contributed by atoms with Gasteiger partial charge in [0.05, 0.1) is 0 Å². The van der Waals surface area contributed by atoms with Gasteiger partial charge in [0.15, 0.2) is 0 Å². The topological polar surface area (TPSA) is 125 Å². The van der Waals surface area contributed by atoms with Crippen molar-refractivity contribution in [2.45, 2.75) is 57.0 Å². The third kappa shape index (κ3) is 4.07. The van der Waals surface area contributed by atoms with Crippen LogP contribution in [0.3, 0.4) is 0 Å². The van der Waals surface area contributed by atoms with Gasteiger partial charge < -0.3 is 21.3 Å². The normalized spacial score (nSPS) is 28.3. The van der Waals surface area contributed by atoms with Gasteiger partial charge in [0, 0.05) is 32.1 Å². The molecule has 2 aliphatic heterocycles. The third-order valence-corrected chi connectivity index (χ3v) is 5.84. The molecule has 150 valence electrons. The first kappa shape index (κ1) is 19.6. The minimum Gasteiger partial charge on any atom is -0.354 e. The van der Waals surface area contributed by atoms with Gasteiger partial charge in [-0.2, -0.15) is 0 Å². The van der Waals surface area contributed by atoms with Crippen LogP contribution in [-0.4, -0.2) is 71.3 Å². The van der Waals surface area contributed by atoms with Crippen LogP contribution in [-0.2, 0) is 14.4 Å². The third-order valence-electron chi connectivity index (χ3n) is 5.84. The average Bonchev–Trinajstić information content (AvgIpc) is 3.46. The predicted octanol–water partition coefficient (Wildman–Crippen LogP) is -0.447. The van der Waals surface area contributed by atoms with E-state index in [-0.39, 0.29) is 49.2 Å². The summed E-state index contributed by atoms with van der Waals surface area (Å²) >= 11 is 0. The number of carbonyl (C=O) groups excluding carboxylic acids is 4. The largest absolute Gasteiger partial charge is 0.354 e. The van der Waals surface area contributed by atoms with Crippen LogP contribution < -0.4 is 16.4 Å². The Morgan fingerprint density at radius 3 is 2.67 bits per heavy atom. The van der Waals surface area contributed by atoms with Crippen molar-refractivity contribution in [3.8, 4) is 0 Å². The van der Waals surface area contributed by atoms with Crippen molar-refractivity contribution in [1.82, 2.24) is 20.4 Å². The van der Waals surface area contributed by atoms with Crippen LogP contribution in [0.5, 0.6) is 0 Å². The molecule has 0 spiro atoms. The summed E-state index contributed by atoms with van der Waals surface area (Å²) in [4.78, 5) is 52.2. The summed E-state index contributed by atoms with van der Waals surface area (Å²) in [5.41, 5.74) is 4.50. The lowest BCUT2D eigenvalue weighted by atomic mass is 9.96. The number of carbonyl (C=O) groups is 4. The first-order chi connectivity index (χ1) is 12.9. The van der Waals surface area contributed by atoms with Crippen molar-refractivity contribution in [2.24, 2.45) is 11.7 Å². The Morgan fingerprint density at radius 2 is 2.00 bits per heavy atom. The molecule has 1 saturated carbocycles. The van der Waals surface area contributed by atoms with Crippen molar-refractivity contribution in [1.29, 1.82) is 0 Å². The van der Waals surface area contributed by atoms with Gasteiger partial charge in [-0.1, -0.05) is 0 Å². The summed E-state index contributed by atoms with van der Waals surface area (Å²) in [5.74, 6) is -0.538. The molecule has 2 saturated heterocycles. The number of rotatable bonds is 7. The summed E-state index contributed by atoms with van der Waals surface area (Å²) in [6.45, 7) is 2.71. The van der Waals surface area contributed by atoms with Gasteiger partial charge in [0.2, 0.25) is 11.8 Å². The second kappa shape index (κ2) is 7.84. The Morgan fingerprint density at radius 1 is 1.26 bits per heavy atom. The molecule has 0 radical (unpaired) electrons. The zero-order chi connectivity index (χ0) is 19.6. The van der Waals surface area contributed by atoms with Crippen LogP contribution in [0.15, 0.2) is 0 Å². The second-order valence-corrected chi connectivity index (χ2v) is 7.88. The number of hydrogen-bond acceptors (Lipinski definition) is 5. The van der Waals surface area contributed by atoms with E-state index >= 15 is 0 Å². The van der Waals surface area contributed by atoms with E-state index in [0.29, 0.717) is 13.1 Å². The number of likely N-dealkylation sites (tertiary alicyclic amines) is 1. The predicted molar refractivity (Wildman–Crippen MR) is 97.4 cm³/mol. The van der Waals surface area contributed by atoms with Crippen LogP contribution in [0.1, 0.15) is 45.4 Å². The van der Waals surface area contributed by atoms with Gasteiger partial charge in [-0.3, -0.25) is 19.3 Å². The number of nitrogens with zero attached hydrogens (tertiary/aromatic N) is 2. The summed E-state index contributed by atoms with van der Waals surface area (Å²) < 4.78 is 0. The molecule has 0 aromatic heterocycles. The van der Waals surface area contributed by atoms with Crippen LogP contribution >= 0.6 is 0 Å². The van der Waals surface area contributed by atoms with Crippen molar-refractivity contribution in [2.75, 3.05) is 26.2 Å². The van der Waals surface area contributed by atoms with Crippen molar-refractivity contribution in [3.63, 3.8) is 0 Å². The zero-order valence-electron chi connectivity index (χ0n) is 15.8. The van der Waals surface area contributed by atoms with E-state index in [4.69, 9.17) is 5.73 Å². The standard InChI is InChI=1S/C18H29N5O4/c1-18(12-5-6-12)16(26)23(17(27)21-18)11-15(25)22-9-3-2-4-13(22)10-20-14(24)7-8-19/h12-13H,2-11,19H2,1H3,(H,20,24)(H,21,27). The Kier molecular flexibility index (Phi) is 5.69. The highest BCUT2D eigenvalue weighted by molar-refractivity contribution is 6.09. The quantitative estimate of drug-likeness (QED) is 0.517. The molecule has 9 nitrogen and oxygen atoms in total. The van der Waals surface area contributed by atoms with Crippen molar-refractivity contribution in [3.05, 3.63) is 0 Å². The van der Waals surface area contributed by atoms with Crippen LogP contribution in [0.4, 0.5) is 4.79 Å². The number of nitrogens with one attached hydrogen (secondary N) is 2. The van der Waals surface area contributed by atoms with E-state index in [1.165, 1.54) is 0 Å². The Labute approximate surface area is 159 Å². The van der Waals surface area contributed by atoms with E-state index in [1.54, 1.807) is 11.8 Å². The van der Waals surface area contributed by atoms with Crippen LogP contribution in [0, 0.1) is 5.92 Å². The van der Waals surface area contributed by atoms with Gasteiger partial charge in [-0.15, -0.1) is 0 Å². The number of amides is 5. The lowest BCUT2D eigenvalue weighted by Gasteiger charge is -2.36. The molecular formula is C18H29N5O4. The monoisotopic (exact) mass is 379 g/mol. The van der Waals surface area contributed by atoms with Crippen LogP contribution in [0.25, 0.3) is 0 Å². The number of imide groups is 1. The van der Waals surface area contributed by atoms with Crippen molar-refractivity contribution < 1.29 is 19.2 Å². The van der Waals surface area contributed by atoms with Gasteiger partial charge in [-0.05, 0) is 44.9 Å². The fourth-order valence-corrected chi connectivity index (χ4v) is 4.01. The van der Waals surface area contributed by atoms with Gasteiger partial charge in [0.1, 0.15) is 12.1 Å². The molecule has 0 aromatic carbocycles. The number of hydrogen-bond donors (Lipinski definition) is 3. The maximum Gasteiger partial charge on any atom is 0.325 e. The molecule has 5 amide bonds. The highest BCUT2D eigenvalue weighted by Crippen LogP contribution is 2.42. The van der Waals surface area contributed by atoms with Gasteiger partial charge in [0.25, 0.3) is 5.91 Å². The highest BCUT2D eigenvalue weighted by atomic mass is 16.2. The van der Waals surface area contributed by atoms with E-state index in [2.05, 4.69) is 10.6 Å².